The number of ether oxygens (including phenoxy) is 1. The number of aldehydes is 1. The lowest BCUT2D eigenvalue weighted by Gasteiger charge is -2.30. The number of carbonyl (C=O) groups is 1. The predicted molar refractivity (Wildman–Crippen MR) is 90.2 cm³/mol. The van der Waals surface area contributed by atoms with E-state index < -0.39 is 6.10 Å². The molecule has 1 aliphatic rings. The highest BCUT2D eigenvalue weighted by atomic mass is 16.5. The van der Waals surface area contributed by atoms with Crippen molar-refractivity contribution in [2.24, 2.45) is 0 Å². The normalized spacial score (nSPS) is 18.2. The molecule has 23 heavy (non-hydrogen) atoms. The molecule has 0 radical (unpaired) electrons. The Morgan fingerprint density at radius 1 is 1.48 bits per heavy atom. The highest BCUT2D eigenvalue weighted by Crippen LogP contribution is 2.38. The molecule has 0 saturated carbocycles. The van der Waals surface area contributed by atoms with Crippen molar-refractivity contribution in [2.75, 3.05) is 0 Å². The van der Waals surface area contributed by atoms with Crippen LogP contribution in [0.4, 0.5) is 0 Å². The van der Waals surface area contributed by atoms with Gasteiger partial charge in [0.2, 0.25) is 0 Å². The van der Waals surface area contributed by atoms with Gasteiger partial charge in [-0.2, -0.15) is 0 Å². The number of aliphatic hydroxyl groups excluding tert-OH is 1. The van der Waals surface area contributed by atoms with Gasteiger partial charge in [-0.05, 0) is 46.1 Å². The zero-order valence-corrected chi connectivity index (χ0v) is 13.9. The van der Waals surface area contributed by atoms with Gasteiger partial charge in [-0.3, -0.25) is 4.79 Å². The number of fused-ring (bicyclic) bond motifs is 1. The molecule has 124 valence electrons. The molecule has 0 bridgehead atoms. The van der Waals surface area contributed by atoms with E-state index in [4.69, 9.17) is 4.74 Å². The topological polar surface area (TPSA) is 66.8 Å². The van der Waals surface area contributed by atoms with Gasteiger partial charge in [0.25, 0.3) is 0 Å². The number of aliphatic hydroxyl groups is 1. The number of hydrogen-bond donors (Lipinski definition) is 2. The maximum absolute atomic E-state index is 11.4. The van der Waals surface area contributed by atoms with E-state index in [1.165, 1.54) is 0 Å². The molecular formula is C19H24O4. The number of aromatic hydroxyl groups is 1. The fourth-order valence-electron chi connectivity index (χ4n) is 2.79. The highest BCUT2D eigenvalue weighted by molar-refractivity contribution is 5.84. The summed E-state index contributed by atoms with van der Waals surface area (Å²) in [6, 6.07) is 1.78. The van der Waals surface area contributed by atoms with Crippen LogP contribution in [-0.4, -0.2) is 28.7 Å². The maximum Gasteiger partial charge on any atom is 0.154 e. The second-order valence-electron chi connectivity index (χ2n) is 6.09. The second kappa shape index (κ2) is 7.47. The molecule has 1 aromatic carbocycles. The van der Waals surface area contributed by atoms with Crippen LogP contribution in [0.3, 0.4) is 0 Å². The molecule has 1 aliphatic heterocycles. The average molecular weight is 316 g/mol. The van der Waals surface area contributed by atoms with Gasteiger partial charge < -0.3 is 14.9 Å². The van der Waals surface area contributed by atoms with Crippen molar-refractivity contribution in [1.82, 2.24) is 0 Å². The quantitative estimate of drug-likeness (QED) is 0.646. The van der Waals surface area contributed by atoms with Crippen molar-refractivity contribution in [3.63, 3.8) is 0 Å². The maximum atomic E-state index is 11.4. The SMILES string of the molecule is CC=CC(O)C1CCc2c(cc(CC=C(C)C)c(O)c2C=O)O1. The molecule has 4 nitrogen and oxygen atoms in total. The first-order valence-corrected chi connectivity index (χ1v) is 7.91. The number of phenols is 1. The molecule has 0 amide bonds. The Kier molecular flexibility index (Phi) is 5.61. The number of rotatable bonds is 5. The number of carbonyl (C=O) groups excluding carboxylic acids is 1. The summed E-state index contributed by atoms with van der Waals surface area (Å²) >= 11 is 0. The number of phenolic OH excluding ortho intramolecular Hbond substituents is 1. The highest BCUT2D eigenvalue weighted by Gasteiger charge is 2.28. The molecule has 1 aromatic rings. The lowest BCUT2D eigenvalue weighted by Crippen LogP contribution is -2.34. The van der Waals surface area contributed by atoms with Crippen LogP contribution in [-0.2, 0) is 12.8 Å². The Balaban J connectivity index is 2.39. The third kappa shape index (κ3) is 3.82. The predicted octanol–water partition coefficient (Wildman–Crippen LogP) is 3.34. The molecule has 0 fully saturated rings. The van der Waals surface area contributed by atoms with Crippen LogP contribution in [0.15, 0.2) is 29.9 Å². The summed E-state index contributed by atoms with van der Waals surface area (Å²) in [7, 11) is 0. The van der Waals surface area contributed by atoms with Crippen molar-refractivity contribution in [1.29, 1.82) is 0 Å². The van der Waals surface area contributed by atoms with Crippen molar-refractivity contribution in [3.05, 3.63) is 46.6 Å². The van der Waals surface area contributed by atoms with Crippen molar-refractivity contribution >= 4 is 6.29 Å². The Morgan fingerprint density at radius 3 is 2.83 bits per heavy atom. The van der Waals surface area contributed by atoms with Crippen LogP contribution in [0.5, 0.6) is 11.5 Å². The lowest BCUT2D eigenvalue weighted by atomic mass is 9.92. The van der Waals surface area contributed by atoms with E-state index in [0.717, 1.165) is 11.1 Å². The minimum Gasteiger partial charge on any atom is -0.507 e. The van der Waals surface area contributed by atoms with Crippen LogP contribution in [0.2, 0.25) is 0 Å². The van der Waals surface area contributed by atoms with E-state index in [1.807, 2.05) is 26.8 Å². The van der Waals surface area contributed by atoms with Crippen LogP contribution in [0.25, 0.3) is 0 Å². The van der Waals surface area contributed by atoms with E-state index in [2.05, 4.69) is 0 Å². The van der Waals surface area contributed by atoms with E-state index in [1.54, 1.807) is 18.2 Å². The van der Waals surface area contributed by atoms with Crippen LogP contribution < -0.4 is 4.74 Å². The van der Waals surface area contributed by atoms with Gasteiger partial charge in [0.15, 0.2) is 6.29 Å². The molecule has 2 atom stereocenters. The molecule has 0 spiro atoms. The van der Waals surface area contributed by atoms with Gasteiger partial charge >= 0.3 is 0 Å². The van der Waals surface area contributed by atoms with Gasteiger partial charge in [0.05, 0.1) is 5.56 Å². The Hall–Kier alpha value is -2.07. The largest absolute Gasteiger partial charge is 0.507 e. The summed E-state index contributed by atoms with van der Waals surface area (Å²) in [5.41, 5.74) is 2.83. The van der Waals surface area contributed by atoms with Gasteiger partial charge in [-0.1, -0.05) is 23.8 Å². The third-order valence-corrected chi connectivity index (χ3v) is 4.06. The average Bonchev–Trinajstić information content (AvgIpc) is 2.52. The Morgan fingerprint density at radius 2 is 2.22 bits per heavy atom. The third-order valence-electron chi connectivity index (χ3n) is 4.06. The molecule has 4 heteroatoms. The fourth-order valence-corrected chi connectivity index (χ4v) is 2.79. The molecule has 1 heterocycles. The Labute approximate surface area is 137 Å². The number of hydrogen-bond acceptors (Lipinski definition) is 4. The number of allylic oxidation sites excluding steroid dienone is 3. The fraction of sp³-hybridized carbons (Fsp3) is 0.421. The van der Waals surface area contributed by atoms with Crippen molar-refractivity contribution in [2.45, 2.75) is 52.2 Å². The first-order chi connectivity index (χ1) is 11.0. The first kappa shape index (κ1) is 17.3. The summed E-state index contributed by atoms with van der Waals surface area (Å²) in [6.07, 6.45) is 6.89. The van der Waals surface area contributed by atoms with E-state index in [9.17, 15) is 15.0 Å². The zero-order chi connectivity index (χ0) is 17.0. The van der Waals surface area contributed by atoms with Crippen molar-refractivity contribution < 1.29 is 19.7 Å². The molecular weight excluding hydrogens is 292 g/mol. The van der Waals surface area contributed by atoms with E-state index in [0.29, 0.717) is 42.4 Å². The number of benzene rings is 1. The minimum absolute atomic E-state index is 0.0345. The zero-order valence-electron chi connectivity index (χ0n) is 13.9. The Bertz CT molecular complexity index is 639. The molecule has 0 aliphatic carbocycles. The van der Waals surface area contributed by atoms with Gasteiger partial charge in [-0.15, -0.1) is 0 Å². The molecule has 0 saturated heterocycles. The summed E-state index contributed by atoms with van der Waals surface area (Å²) in [5, 5.41) is 20.4. The van der Waals surface area contributed by atoms with Crippen LogP contribution >= 0.6 is 0 Å². The minimum atomic E-state index is -0.678. The summed E-state index contributed by atoms with van der Waals surface area (Å²) < 4.78 is 5.90. The van der Waals surface area contributed by atoms with Crippen molar-refractivity contribution in [3.8, 4) is 11.5 Å². The molecule has 0 aromatic heterocycles. The lowest BCUT2D eigenvalue weighted by molar-refractivity contribution is 0.0524. The summed E-state index contributed by atoms with van der Waals surface area (Å²) in [5.74, 6) is 0.620. The second-order valence-corrected chi connectivity index (χ2v) is 6.09. The summed E-state index contributed by atoms with van der Waals surface area (Å²) in [4.78, 5) is 11.4. The van der Waals surface area contributed by atoms with Gasteiger partial charge in [0.1, 0.15) is 23.7 Å². The first-order valence-electron chi connectivity index (χ1n) is 7.91. The van der Waals surface area contributed by atoms with Gasteiger partial charge in [0, 0.05) is 11.1 Å². The molecule has 2 rings (SSSR count). The van der Waals surface area contributed by atoms with E-state index >= 15 is 0 Å². The monoisotopic (exact) mass is 316 g/mol. The molecule has 2 N–H and O–H groups in total. The standard InChI is InChI=1S/C19H24O4/c1-4-5-16(21)17-9-8-14-15(11-20)19(22)13(7-6-12(2)3)10-18(14)23-17/h4-6,10-11,16-17,21-22H,7-9H2,1-3H3. The van der Waals surface area contributed by atoms with E-state index in [-0.39, 0.29) is 11.9 Å². The van der Waals surface area contributed by atoms with Crippen LogP contribution in [0.1, 0.15) is 48.7 Å². The van der Waals surface area contributed by atoms with Crippen LogP contribution in [0, 0.1) is 0 Å². The summed E-state index contributed by atoms with van der Waals surface area (Å²) in [6.45, 7) is 5.81. The molecule has 2 unspecified atom stereocenters. The smallest absolute Gasteiger partial charge is 0.154 e. The van der Waals surface area contributed by atoms with Gasteiger partial charge in [-0.25, -0.2) is 0 Å².